The Morgan fingerprint density at radius 2 is 2.06 bits per heavy atom. The van der Waals surface area contributed by atoms with Gasteiger partial charge in [-0.05, 0) is 38.4 Å². The summed E-state index contributed by atoms with van der Waals surface area (Å²) in [6.07, 6.45) is 9.77. The highest BCUT2D eigenvalue weighted by Gasteiger charge is 2.23. The second kappa shape index (κ2) is 7.98. The molecule has 17 heavy (non-hydrogen) atoms. The maximum atomic E-state index is 11.8. The molecule has 0 aromatic carbocycles. The van der Waals surface area contributed by atoms with E-state index in [9.17, 15) is 4.79 Å². The molecule has 0 aromatic rings. The number of unbranched alkanes of at least 4 members (excludes halogenated alkanes) is 1. The Morgan fingerprint density at radius 3 is 2.59 bits per heavy atom. The number of nitrogens with one attached hydrogen (secondary N) is 1. The molecule has 0 radical (unpaired) electrons. The summed E-state index contributed by atoms with van der Waals surface area (Å²) in [6, 6.07) is 0.0480. The Kier molecular flexibility index (Phi) is 6.97. The fourth-order valence-electron chi connectivity index (χ4n) is 2.31. The Labute approximate surface area is 109 Å². The molecule has 3 N–H and O–H groups in total. The van der Waals surface area contributed by atoms with E-state index in [0.717, 1.165) is 37.4 Å². The number of hydrogen-bond acceptors (Lipinski definition) is 3. The van der Waals surface area contributed by atoms with Crippen LogP contribution in [0.5, 0.6) is 0 Å². The summed E-state index contributed by atoms with van der Waals surface area (Å²) in [7, 11) is 0. The van der Waals surface area contributed by atoms with E-state index in [1.54, 1.807) is 0 Å². The first-order valence-electron chi connectivity index (χ1n) is 6.76. The van der Waals surface area contributed by atoms with E-state index >= 15 is 0 Å². The largest absolute Gasteiger partial charge is 0.352 e. The molecule has 0 aliphatic heterocycles. The molecule has 0 spiro atoms. The van der Waals surface area contributed by atoms with Crippen LogP contribution in [0.25, 0.3) is 0 Å². The first-order valence-corrected chi connectivity index (χ1v) is 8.05. The van der Waals surface area contributed by atoms with Gasteiger partial charge in [0.15, 0.2) is 0 Å². The van der Waals surface area contributed by atoms with Crippen LogP contribution in [0.1, 0.15) is 51.9 Å². The number of carbonyl (C=O) groups is 1. The standard InChI is InChI=1S/C13H26N2OS/c1-3-4-5-12(14)13(16)15-10-6-8-11(17-2)9-7-10/h10-12H,3-9,14H2,1-2H3,(H,15,16). The molecule has 0 bridgehead atoms. The van der Waals surface area contributed by atoms with Crippen LogP contribution < -0.4 is 11.1 Å². The van der Waals surface area contributed by atoms with Crippen LogP contribution in [0.3, 0.4) is 0 Å². The molecule has 1 aliphatic carbocycles. The minimum atomic E-state index is -0.312. The molecular weight excluding hydrogens is 232 g/mol. The summed E-state index contributed by atoms with van der Waals surface area (Å²) < 4.78 is 0. The molecule has 1 fully saturated rings. The smallest absolute Gasteiger partial charge is 0.237 e. The van der Waals surface area contributed by atoms with Crippen LogP contribution in [0.4, 0.5) is 0 Å². The Bertz CT molecular complexity index is 227. The van der Waals surface area contributed by atoms with Gasteiger partial charge in [0.1, 0.15) is 0 Å². The first kappa shape index (κ1) is 14.8. The van der Waals surface area contributed by atoms with Crippen molar-refractivity contribution in [1.82, 2.24) is 5.32 Å². The lowest BCUT2D eigenvalue weighted by Gasteiger charge is -2.28. The van der Waals surface area contributed by atoms with Crippen LogP contribution >= 0.6 is 11.8 Å². The zero-order chi connectivity index (χ0) is 12.7. The molecule has 1 unspecified atom stereocenters. The Balaban J connectivity index is 2.22. The van der Waals surface area contributed by atoms with Gasteiger partial charge in [0.25, 0.3) is 0 Å². The van der Waals surface area contributed by atoms with Gasteiger partial charge in [-0.1, -0.05) is 19.8 Å². The van der Waals surface area contributed by atoms with Crippen molar-refractivity contribution in [1.29, 1.82) is 0 Å². The number of rotatable bonds is 6. The van der Waals surface area contributed by atoms with Gasteiger partial charge < -0.3 is 11.1 Å². The van der Waals surface area contributed by atoms with Gasteiger partial charge in [0.05, 0.1) is 6.04 Å². The van der Waals surface area contributed by atoms with Crippen molar-refractivity contribution in [2.24, 2.45) is 5.73 Å². The van der Waals surface area contributed by atoms with Crippen LogP contribution in [0.15, 0.2) is 0 Å². The number of thioether (sulfide) groups is 1. The van der Waals surface area contributed by atoms with Gasteiger partial charge in [-0.3, -0.25) is 4.79 Å². The van der Waals surface area contributed by atoms with E-state index in [2.05, 4.69) is 18.5 Å². The van der Waals surface area contributed by atoms with Crippen molar-refractivity contribution in [3.05, 3.63) is 0 Å². The molecule has 3 nitrogen and oxygen atoms in total. The summed E-state index contributed by atoms with van der Waals surface area (Å²) in [6.45, 7) is 2.12. The van der Waals surface area contributed by atoms with Crippen molar-refractivity contribution in [2.45, 2.75) is 69.2 Å². The zero-order valence-corrected chi connectivity index (χ0v) is 11.9. The predicted molar refractivity (Wildman–Crippen MR) is 75.2 cm³/mol. The lowest BCUT2D eigenvalue weighted by Crippen LogP contribution is -2.46. The van der Waals surface area contributed by atoms with E-state index in [0.29, 0.717) is 6.04 Å². The van der Waals surface area contributed by atoms with Gasteiger partial charge >= 0.3 is 0 Å². The zero-order valence-electron chi connectivity index (χ0n) is 11.1. The van der Waals surface area contributed by atoms with Gasteiger partial charge in [0, 0.05) is 11.3 Å². The molecule has 0 saturated heterocycles. The molecule has 0 heterocycles. The van der Waals surface area contributed by atoms with Crippen molar-refractivity contribution < 1.29 is 4.79 Å². The van der Waals surface area contributed by atoms with Crippen molar-refractivity contribution in [3.63, 3.8) is 0 Å². The van der Waals surface area contributed by atoms with Crippen molar-refractivity contribution >= 4 is 17.7 Å². The summed E-state index contributed by atoms with van der Waals surface area (Å²) >= 11 is 1.95. The quantitative estimate of drug-likeness (QED) is 0.768. The van der Waals surface area contributed by atoms with Crippen LogP contribution in [-0.2, 0) is 4.79 Å². The third-order valence-corrected chi connectivity index (χ3v) is 4.70. The Morgan fingerprint density at radius 1 is 1.41 bits per heavy atom. The second-order valence-corrected chi connectivity index (χ2v) is 6.10. The summed E-state index contributed by atoms with van der Waals surface area (Å²) in [5.41, 5.74) is 5.86. The second-order valence-electron chi connectivity index (χ2n) is 4.97. The molecule has 1 rings (SSSR count). The average Bonchev–Trinajstić information content (AvgIpc) is 2.36. The molecule has 4 heteroatoms. The van der Waals surface area contributed by atoms with E-state index in [1.807, 2.05) is 11.8 Å². The number of nitrogens with two attached hydrogens (primary N) is 1. The fourth-order valence-corrected chi connectivity index (χ4v) is 3.05. The third-order valence-electron chi connectivity index (χ3n) is 3.56. The van der Waals surface area contributed by atoms with E-state index in [4.69, 9.17) is 5.73 Å². The van der Waals surface area contributed by atoms with Gasteiger partial charge in [-0.15, -0.1) is 0 Å². The molecule has 0 aromatic heterocycles. The minimum absolute atomic E-state index is 0.0473. The summed E-state index contributed by atoms with van der Waals surface area (Å²) in [5.74, 6) is 0.0473. The van der Waals surface area contributed by atoms with Crippen LogP contribution in [-0.4, -0.2) is 29.5 Å². The molecule has 1 aliphatic rings. The van der Waals surface area contributed by atoms with Crippen LogP contribution in [0, 0.1) is 0 Å². The third kappa shape index (κ3) is 5.30. The lowest BCUT2D eigenvalue weighted by atomic mass is 9.94. The monoisotopic (exact) mass is 258 g/mol. The van der Waals surface area contributed by atoms with E-state index in [1.165, 1.54) is 12.8 Å². The fraction of sp³-hybridized carbons (Fsp3) is 0.923. The molecule has 100 valence electrons. The van der Waals surface area contributed by atoms with E-state index in [-0.39, 0.29) is 11.9 Å². The van der Waals surface area contributed by atoms with Gasteiger partial charge in [-0.25, -0.2) is 0 Å². The Hall–Kier alpha value is -0.220. The van der Waals surface area contributed by atoms with E-state index < -0.39 is 0 Å². The summed E-state index contributed by atoms with van der Waals surface area (Å²) in [4.78, 5) is 11.8. The molecule has 1 saturated carbocycles. The van der Waals surface area contributed by atoms with Gasteiger partial charge in [0.2, 0.25) is 5.91 Å². The number of carbonyl (C=O) groups excluding carboxylic acids is 1. The normalized spacial score (nSPS) is 26.5. The maximum absolute atomic E-state index is 11.8. The molecule has 1 atom stereocenters. The van der Waals surface area contributed by atoms with Crippen molar-refractivity contribution in [3.8, 4) is 0 Å². The predicted octanol–water partition coefficient (Wildman–Crippen LogP) is 2.29. The molecular formula is C13H26N2OS. The van der Waals surface area contributed by atoms with Gasteiger partial charge in [-0.2, -0.15) is 11.8 Å². The highest BCUT2D eigenvalue weighted by Crippen LogP contribution is 2.26. The highest BCUT2D eigenvalue weighted by atomic mass is 32.2. The number of amides is 1. The van der Waals surface area contributed by atoms with Crippen molar-refractivity contribution in [2.75, 3.05) is 6.26 Å². The maximum Gasteiger partial charge on any atom is 0.237 e. The SMILES string of the molecule is CCCCC(N)C(=O)NC1CCC(SC)CC1. The molecule has 1 amide bonds. The average molecular weight is 258 g/mol. The first-order chi connectivity index (χ1) is 8.17. The lowest BCUT2D eigenvalue weighted by molar-refractivity contribution is -0.123. The topological polar surface area (TPSA) is 55.1 Å². The summed E-state index contributed by atoms with van der Waals surface area (Å²) in [5, 5.41) is 3.89. The minimum Gasteiger partial charge on any atom is -0.352 e. The highest BCUT2D eigenvalue weighted by molar-refractivity contribution is 7.99. The van der Waals surface area contributed by atoms with Crippen LogP contribution in [0.2, 0.25) is 0 Å². The number of hydrogen-bond donors (Lipinski definition) is 2.